The van der Waals surface area contributed by atoms with Gasteiger partial charge in [-0.15, -0.1) is 0 Å². The van der Waals surface area contributed by atoms with E-state index in [0.29, 0.717) is 17.9 Å². The summed E-state index contributed by atoms with van der Waals surface area (Å²) < 4.78 is 5.21. The molecule has 0 saturated carbocycles. The smallest absolute Gasteiger partial charge is 0.338 e. The van der Waals surface area contributed by atoms with Crippen LogP contribution >= 0.6 is 0 Å². The molecule has 0 unspecified atom stereocenters. The highest BCUT2D eigenvalue weighted by Crippen LogP contribution is 2.06. The highest BCUT2D eigenvalue weighted by molar-refractivity contribution is 5.89. The summed E-state index contributed by atoms with van der Waals surface area (Å²) >= 11 is 0. The molecule has 18 heavy (non-hydrogen) atoms. The molecule has 0 heterocycles. The Balaban J connectivity index is 2.27. The van der Waals surface area contributed by atoms with Gasteiger partial charge >= 0.3 is 5.97 Å². The number of hydrogen-bond acceptors (Lipinski definition) is 3. The molecule has 0 aliphatic carbocycles. The molecule has 0 amide bonds. The van der Waals surface area contributed by atoms with Gasteiger partial charge in [-0.1, -0.05) is 0 Å². The van der Waals surface area contributed by atoms with E-state index in [-0.39, 0.29) is 5.97 Å². The normalized spacial score (nSPS) is 10.6. The van der Waals surface area contributed by atoms with Gasteiger partial charge in [-0.25, -0.2) is 4.79 Å². The van der Waals surface area contributed by atoms with E-state index in [2.05, 4.69) is 13.8 Å². The van der Waals surface area contributed by atoms with Crippen LogP contribution in [0.4, 0.5) is 5.69 Å². The maximum Gasteiger partial charge on any atom is 0.338 e. The molecule has 0 atom stereocenters. The number of carbonyl (C=O) groups is 1. The predicted octanol–water partition coefficient (Wildman–Crippen LogP) is 0.740. The molecule has 4 nitrogen and oxygen atoms in total. The largest absolute Gasteiger partial charge is 0.462 e. The van der Waals surface area contributed by atoms with Crippen LogP contribution in [0.5, 0.6) is 0 Å². The Kier molecular flexibility index (Phi) is 6.22. The first-order valence-corrected chi connectivity index (χ1v) is 6.53. The summed E-state index contributed by atoms with van der Waals surface area (Å²) in [5.41, 5.74) is 6.76. The van der Waals surface area contributed by atoms with Crippen LogP contribution in [0.15, 0.2) is 24.3 Å². The summed E-state index contributed by atoms with van der Waals surface area (Å²) in [4.78, 5) is 13.2. The minimum atomic E-state index is -0.274. The lowest BCUT2D eigenvalue weighted by molar-refractivity contribution is -0.896. The second-order valence-corrected chi connectivity index (χ2v) is 4.32. The number of benzene rings is 1. The van der Waals surface area contributed by atoms with Gasteiger partial charge in [-0.3, -0.25) is 0 Å². The molecular formula is C14H23N2O2+. The van der Waals surface area contributed by atoms with Gasteiger partial charge in [0.15, 0.2) is 0 Å². The van der Waals surface area contributed by atoms with Gasteiger partial charge < -0.3 is 15.4 Å². The van der Waals surface area contributed by atoms with Crippen molar-refractivity contribution in [2.45, 2.75) is 20.3 Å². The number of anilines is 1. The summed E-state index contributed by atoms with van der Waals surface area (Å²) in [6.45, 7) is 8.08. The summed E-state index contributed by atoms with van der Waals surface area (Å²) in [6, 6.07) is 6.79. The quantitative estimate of drug-likeness (QED) is 0.427. The second-order valence-electron chi connectivity index (χ2n) is 4.32. The van der Waals surface area contributed by atoms with Crippen molar-refractivity contribution in [2.75, 3.05) is 32.0 Å². The lowest BCUT2D eigenvalue weighted by atomic mass is 10.2. The highest BCUT2D eigenvalue weighted by atomic mass is 16.5. The van der Waals surface area contributed by atoms with Crippen LogP contribution in [0, 0.1) is 0 Å². The maximum absolute atomic E-state index is 11.7. The van der Waals surface area contributed by atoms with Crippen molar-refractivity contribution in [3.8, 4) is 0 Å². The Morgan fingerprint density at radius 3 is 2.39 bits per heavy atom. The van der Waals surface area contributed by atoms with E-state index in [1.807, 2.05) is 0 Å². The Bertz CT molecular complexity index is 359. The van der Waals surface area contributed by atoms with E-state index in [9.17, 15) is 4.79 Å². The van der Waals surface area contributed by atoms with Gasteiger partial charge in [0.25, 0.3) is 0 Å². The second kappa shape index (κ2) is 7.71. The van der Waals surface area contributed by atoms with Gasteiger partial charge in [0.05, 0.1) is 31.8 Å². The molecule has 1 rings (SSSR count). The van der Waals surface area contributed by atoms with Crippen molar-refractivity contribution in [1.82, 2.24) is 0 Å². The minimum absolute atomic E-state index is 0.274. The number of hydrogen-bond donors (Lipinski definition) is 2. The van der Waals surface area contributed by atoms with Crippen molar-refractivity contribution in [1.29, 1.82) is 0 Å². The van der Waals surface area contributed by atoms with E-state index in [1.165, 1.54) is 4.90 Å². The first-order valence-electron chi connectivity index (χ1n) is 6.53. The molecule has 0 bridgehead atoms. The standard InChI is InChI=1S/C14H22N2O2/c1-3-16(4-2)10-5-11-18-14(17)12-6-8-13(15)9-7-12/h6-9H,3-5,10-11,15H2,1-2H3/p+1. The molecule has 4 heteroatoms. The van der Waals surface area contributed by atoms with Gasteiger partial charge in [-0.05, 0) is 38.1 Å². The van der Waals surface area contributed by atoms with Gasteiger partial charge in [0.2, 0.25) is 0 Å². The molecule has 0 aliphatic rings. The van der Waals surface area contributed by atoms with Crippen LogP contribution in [0.2, 0.25) is 0 Å². The number of esters is 1. The molecule has 0 saturated heterocycles. The summed E-state index contributed by atoms with van der Waals surface area (Å²) in [7, 11) is 0. The number of ether oxygens (including phenoxy) is 1. The molecule has 0 aliphatic heterocycles. The first-order chi connectivity index (χ1) is 8.67. The number of carbonyl (C=O) groups excluding carboxylic acids is 1. The number of quaternary nitrogens is 1. The van der Waals surface area contributed by atoms with Crippen LogP contribution < -0.4 is 10.6 Å². The third kappa shape index (κ3) is 4.75. The highest BCUT2D eigenvalue weighted by Gasteiger charge is 2.07. The number of rotatable bonds is 7. The van der Waals surface area contributed by atoms with Gasteiger partial charge in [0.1, 0.15) is 0 Å². The summed E-state index contributed by atoms with van der Waals surface area (Å²) in [6.07, 6.45) is 0.901. The van der Waals surface area contributed by atoms with E-state index < -0.39 is 0 Å². The zero-order valence-corrected chi connectivity index (χ0v) is 11.2. The lowest BCUT2D eigenvalue weighted by Gasteiger charge is -2.14. The molecular weight excluding hydrogens is 228 g/mol. The van der Waals surface area contributed by atoms with E-state index in [0.717, 1.165) is 26.1 Å². The molecule has 0 aromatic heterocycles. The predicted molar refractivity (Wildman–Crippen MR) is 72.7 cm³/mol. The average molecular weight is 251 g/mol. The fraction of sp³-hybridized carbons (Fsp3) is 0.500. The Morgan fingerprint density at radius 1 is 1.22 bits per heavy atom. The maximum atomic E-state index is 11.7. The Morgan fingerprint density at radius 2 is 1.83 bits per heavy atom. The fourth-order valence-electron chi connectivity index (χ4n) is 1.79. The topological polar surface area (TPSA) is 56.8 Å². The van der Waals surface area contributed by atoms with Crippen LogP contribution in [-0.4, -0.2) is 32.2 Å². The van der Waals surface area contributed by atoms with E-state index in [1.54, 1.807) is 24.3 Å². The SMILES string of the molecule is CC[NH+](CC)CCCOC(=O)c1ccc(N)cc1. The molecule has 1 aromatic carbocycles. The molecule has 3 N–H and O–H groups in total. The van der Waals surface area contributed by atoms with Crippen molar-refractivity contribution < 1.29 is 14.4 Å². The molecule has 0 radical (unpaired) electrons. The van der Waals surface area contributed by atoms with Crippen LogP contribution in [0.25, 0.3) is 0 Å². The first kappa shape index (κ1) is 14.5. The van der Waals surface area contributed by atoms with Crippen molar-refractivity contribution in [3.63, 3.8) is 0 Å². The molecule has 0 fully saturated rings. The zero-order valence-electron chi connectivity index (χ0n) is 11.2. The third-order valence-electron chi connectivity index (χ3n) is 3.05. The van der Waals surface area contributed by atoms with Gasteiger partial charge in [0, 0.05) is 12.1 Å². The molecule has 1 aromatic rings. The lowest BCUT2D eigenvalue weighted by Crippen LogP contribution is -3.11. The average Bonchev–Trinajstić information content (AvgIpc) is 2.39. The number of nitrogens with one attached hydrogen (secondary N) is 1. The van der Waals surface area contributed by atoms with Gasteiger partial charge in [-0.2, -0.15) is 0 Å². The minimum Gasteiger partial charge on any atom is -0.462 e. The third-order valence-corrected chi connectivity index (χ3v) is 3.05. The Hall–Kier alpha value is -1.55. The number of nitrogens with two attached hydrogens (primary N) is 1. The summed E-state index contributed by atoms with van der Waals surface area (Å²) in [5.74, 6) is -0.274. The van der Waals surface area contributed by atoms with E-state index >= 15 is 0 Å². The molecule has 100 valence electrons. The monoisotopic (exact) mass is 251 g/mol. The number of nitrogen functional groups attached to an aromatic ring is 1. The van der Waals surface area contributed by atoms with Crippen molar-refractivity contribution >= 4 is 11.7 Å². The molecule has 0 spiro atoms. The fourth-order valence-corrected chi connectivity index (χ4v) is 1.79. The van der Waals surface area contributed by atoms with Crippen LogP contribution in [0.3, 0.4) is 0 Å². The van der Waals surface area contributed by atoms with Crippen LogP contribution in [0.1, 0.15) is 30.6 Å². The zero-order chi connectivity index (χ0) is 13.4. The Labute approximate surface area is 109 Å². The van der Waals surface area contributed by atoms with Crippen molar-refractivity contribution in [2.24, 2.45) is 0 Å². The van der Waals surface area contributed by atoms with Crippen LogP contribution in [-0.2, 0) is 4.74 Å². The summed E-state index contributed by atoms with van der Waals surface area (Å²) in [5, 5.41) is 0. The van der Waals surface area contributed by atoms with E-state index in [4.69, 9.17) is 10.5 Å². The van der Waals surface area contributed by atoms with Crippen molar-refractivity contribution in [3.05, 3.63) is 29.8 Å².